The number of aliphatic imine (C=N–C) groups is 1. The first-order chi connectivity index (χ1) is 10.7. The van der Waals surface area contributed by atoms with Crippen LogP contribution in [0.4, 0.5) is 0 Å². The Hall–Kier alpha value is -0.0800. The normalized spacial score (nSPS) is 16.6. The van der Waals surface area contributed by atoms with Crippen molar-refractivity contribution in [2.45, 2.75) is 52.6 Å². The Labute approximate surface area is 160 Å². The molecule has 1 rings (SSSR count). The molecule has 0 unspecified atom stereocenters. The predicted octanol–water partition coefficient (Wildman–Crippen LogP) is 2.80. The van der Waals surface area contributed by atoms with Gasteiger partial charge in [0, 0.05) is 33.3 Å². The summed E-state index contributed by atoms with van der Waals surface area (Å²) < 4.78 is 5.71. The number of hydrogen-bond donors (Lipinski definition) is 1. The number of unbranched alkanes of at least 4 members (excludes halogenated alkanes) is 1. The lowest BCUT2D eigenvalue weighted by Crippen LogP contribution is -2.47. The van der Waals surface area contributed by atoms with Crippen LogP contribution in [0.15, 0.2) is 4.99 Å². The second kappa shape index (κ2) is 14.3. The molecule has 0 aromatic heterocycles. The maximum atomic E-state index is 5.71. The van der Waals surface area contributed by atoms with Crippen molar-refractivity contribution in [1.82, 2.24) is 15.1 Å². The molecule has 6 heteroatoms. The molecule has 1 heterocycles. The molecular weight excluding hydrogens is 403 g/mol. The van der Waals surface area contributed by atoms with Gasteiger partial charge in [-0.2, -0.15) is 0 Å². The smallest absolute Gasteiger partial charge is 0.193 e. The van der Waals surface area contributed by atoms with Crippen molar-refractivity contribution in [3.8, 4) is 0 Å². The lowest BCUT2D eigenvalue weighted by Gasteiger charge is -2.34. The molecule has 0 aromatic rings. The molecule has 23 heavy (non-hydrogen) atoms. The Kier molecular flexibility index (Phi) is 14.2. The highest BCUT2D eigenvalue weighted by Crippen LogP contribution is 2.13. The van der Waals surface area contributed by atoms with Crippen LogP contribution in [0.1, 0.15) is 46.5 Å². The summed E-state index contributed by atoms with van der Waals surface area (Å²) in [5, 5.41) is 3.51. The maximum absolute atomic E-state index is 5.71. The molecule has 1 saturated heterocycles. The summed E-state index contributed by atoms with van der Waals surface area (Å²) in [5.74, 6) is 1.05. The van der Waals surface area contributed by atoms with E-state index >= 15 is 0 Å². The molecule has 1 fully saturated rings. The van der Waals surface area contributed by atoms with E-state index in [4.69, 9.17) is 4.74 Å². The van der Waals surface area contributed by atoms with E-state index in [9.17, 15) is 0 Å². The molecule has 1 aliphatic rings. The van der Waals surface area contributed by atoms with Gasteiger partial charge in [-0.05, 0) is 52.2 Å². The summed E-state index contributed by atoms with van der Waals surface area (Å²) in [5.41, 5.74) is 0. The van der Waals surface area contributed by atoms with E-state index in [-0.39, 0.29) is 24.0 Å². The van der Waals surface area contributed by atoms with Crippen molar-refractivity contribution in [3.05, 3.63) is 0 Å². The number of ether oxygens (including phenoxy) is 1. The molecule has 138 valence electrons. The van der Waals surface area contributed by atoms with Gasteiger partial charge in [0.2, 0.25) is 0 Å². The molecule has 1 aliphatic heterocycles. The fraction of sp³-hybridized carbons (Fsp3) is 0.941. The minimum atomic E-state index is 0. The number of hydrogen-bond acceptors (Lipinski definition) is 3. The Morgan fingerprint density at radius 2 is 1.83 bits per heavy atom. The first kappa shape index (κ1) is 22.9. The highest BCUT2D eigenvalue weighted by molar-refractivity contribution is 14.0. The van der Waals surface area contributed by atoms with E-state index in [1.807, 2.05) is 7.05 Å². The molecule has 0 amide bonds. The number of halogens is 1. The topological polar surface area (TPSA) is 40.1 Å². The average Bonchev–Trinajstić information content (AvgIpc) is 2.56. The van der Waals surface area contributed by atoms with Crippen molar-refractivity contribution < 1.29 is 4.74 Å². The molecule has 0 radical (unpaired) electrons. The van der Waals surface area contributed by atoms with Gasteiger partial charge in [-0.3, -0.25) is 4.99 Å². The van der Waals surface area contributed by atoms with Gasteiger partial charge in [0.1, 0.15) is 0 Å². The second-order valence-corrected chi connectivity index (χ2v) is 5.85. The maximum Gasteiger partial charge on any atom is 0.193 e. The van der Waals surface area contributed by atoms with Crippen LogP contribution in [-0.4, -0.2) is 74.8 Å². The highest BCUT2D eigenvalue weighted by atomic mass is 127. The van der Waals surface area contributed by atoms with Crippen LogP contribution in [-0.2, 0) is 4.74 Å². The van der Waals surface area contributed by atoms with Gasteiger partial charge in [0.25, 0.3) is 0 Å². The Balaban J connectivity index is 0.00000484. The molecule has 0 atom stereocenters. The van der Waals surface area contributed by atoms with E-state index in [0.717, 1.165) is 58.1 Å². The van der Waals surface area contributed by atoms with Crippen molar-refractivity contribution in [2.75, 3.05) is 52.9 Å². The van der Waals surface area contributed by atoms with Crippen molar-refractivity contribution in [2.24, 2.45) is 4.99 Å². The summed E-state index contributed by atoms with van der Waals surface area (Å²) in [6.45, 7) is 14.0. The fourth-order valence-corrected chi connectivity index (χ4v) is 3.00. The second-order valence-electron chi connectivity index (χ2n) is 5.85. The van der Waals surface area contributed by atoms with Gasteiger partial charge in [0.15, 0.2) is 5.96 Å². The van der Waals surface area contributed by atoms with E-state index in [0.29, 0.717) is 6.10 Å². The molecule has 0 spiro atoms. The molecule has 1 N–H and O–H groups in total. The molecular formula is C17H37IN4O. The zero-order chi connectivity index (χ0) is 16.2. The first-order valence-electron chi connectivity index (χ1n) is 9.04. The lowest BCUT2D eigenvalue weighted by molar-refractivity contribution is 0.0264. The van der Waals surface area contributed by atoms with Crippen LogP contribution >= 0.6 is 24.0 Å². The molecule has 0 saturated carbocycles. The van der Waals surface area contributed by atoms with Crippen LogP contribution in [0.3, 0.4) is 0 Å². The summed E-state index contributed by atoms with van der Waals surface area (Å²) in [7, 11) is 1.88. The van der Waals surface area contributed by atoms with E-state index in [2.05, 4.69) is 40.9 Å². The Bertz CT molecular complexity index is 303. The van der Waals surface area contributed by atoms with Crippen LogP contribution in [0.25, 0.3) is 0 Å². The SMILES string of the molecule is CCOC1CCN(C(=NC)NCCCCN(CC)CC)CC1.I. The number of guanidine groups is 1. The standard InChI is InChI=1S/C17H36N4O.HI/c1-5-20(6-2)13-9-8-12-19-17(18-4)21-14-10-16(11-15-21)22-7-3;/h16H,5-15H2,1-4H3,(H,18,19);1H. The third-order valence-electron chi connectivity index (χ3n) is 4.43. The van der Waals surface area contributed by atoms with Crippen molar-refractivity contribution in [3.63, 3.8) is 0 Å². The van der Waals surface area contributed by atoms with E-state index < -0.39 is 0 Å². The van der Waals surface area contributed by atoms with Gasteiger partial charge in [0.05, 0.1) is 6.10 Å². The van der Waals surface area contributed by atoms with Crippen LogP contribution in [0, 0.1) is 0 Å². The minimum absolute atomic E-state index is 0. The van der Waals surface area contributed by atoms with Crippen molar-refractivity contribution in [1.29, 1.82) is 0 Å². The van der Waals surface area contributed by atoms with Gasteiger partial charge in [-0.1, -0.05) is 13.8 Å². The summed E-state index contributed by atoms with van der Waals surface area (Å²) in [6.07, 6.45) is 5.10. The Morgan fingerprint density at radius 3 is 2.35 bits per heavy atom. The molecule has 5 nitrogen and oxygen atoms in total. The van der Waals surface area contributed by atoms with Gasteiger partial charge < -0.3 is 19.9 Å². The molecule has 0 aliphatic carbocycles. The number of piperidine rings is 1. The summed E-state index contributed by atoms with van der Waals surface area (Å²) in [4.78, 5) is 9.27. The molecule has 0 aromatic carbocycles. The average molecular weight is 440 g/mol. The van der Waals surface area contributed by atoms with Crippen LogP contribution in [0.5, 0.6) is 0 Å². The number of nitrogens with one attached hydrogen (secondary N) is 1. The minimum Gasteiger partial charge on any atom is -0.378 e. The zero-order valence-corrected chi connectivity index (χ0v) is 17.8. The van der Waals surface area contributed by atoms with Gasteiger partial charge in [-0.15, -0.1) is 24.0 Å². The third-order valence-corrected chi connectivity index (χ3v) is 4.43. The van der Waals surface area contributed by atoms with Crippen LogP contribution < -0.4 is 5.32 Å². The Morgan fingerprint density at radius 1 is 1.17 bits per heavy atom. The summed E-state index contributed by atoms with van der Waals surface area (Å²) >= 11 is 0. The van der Waals surface area contributed by atoms with Gasteiger partial charge in [-0.25, -0.2) is 0 Å². The summed E-state index contributed by atoms with van der Waals surface area (Å²) in [6, 6.07) is 0. The largest absolute Gasteiger partial charge is 0.378 e. The quantitative estimate of drug-likeness (QED) is 0.259. The van der Waals surface area contributed by atoms with E-state index in [1.54, 1.807) is 0 Å². The highest BCUT2D eigenvalue weighted by Gasteiger charge is 2.21. The van der Waals surface area contributed by atoms with Crippen LogP contribution in [0.2, 0.25) is 0 Å². The fourth-order valence-electron chi connectivity index (χ4n) is 3.00. The number of rotatable bonds is 9. The molecule has 0 bridgehead atoms. The number of likely N-dealkylation sites (tertiary alicyclic amines) is 1. The van der Waals surface area contributed by atoms with Crippen molar-refractivity contribution >= 4 is 29.9 Å². The zero-order valence-electron chi connectivity index (χ0n) is 15.5. The number of nitrogens with zero attached hydrogens (tertiary/aromatic N) is 3. The lowest BCUT2D eigenvalue weighted by atomic mass is 10.1. The van der Waals surface area contributed by atoms with E-state index in [1.165, 1.54) is 19.4 Å². The van der Waals surface area contributed by atoms with Gasteiger partial charge >= 0.3 is 0 Å². The predicted molar refractivity (Wildman–Crippen MR) is 110 cm³/mol. The monoisotopic (exact) mass is 440 g/mol. The third kappa shape index (κ3) is 9.10. The first-order valence-corrected chi connectivity index (χ1v) is 9.04.